The van der Waals surface area contributed by atoms with Gasteiger partial charge in [0, 0.05) is 18.3 Å². The lowest BCUT2D eigenvalue weighted by Gasteiger charge is -2.34. The molecular formula is C14H17ClN2O3. The summed E-state index contributed by atoms with van der Waals surface area (Å²) in [6.07, 6.45) is 3.94. The number of esters is 1. The van der Waals surface area contributed by atoms with Crippen molar-refractivity contribution in [2.45, 2.75) is 32.2 Å². The summed E-state index contributed by atoms with van der Waals surface area (Å²) in [5, 5.41) is 0.264. The molecule has 1 unspecified atom stereocenters. The topological polar surface area (TPSA) is 59.5 Å². The summed E-state index contributed by atoms with van der Waals surface area (Å²) in [6.45, 7) is 2.64. The first-order chi connectivity index (χ1) is 9.63. The molecule has 1 saturated heterocycles. The molecule has 0 aromatic carbocycles. The zero-order valence-corrected chi connectivity index (χ0v) is 12.1. The van der Waals surface area contributed by atoms with E-state index in [9.17, 15) is 9.59 Å². The van der Waals surface area contributed by atoms with E-state index < -0.39 is 6.04 Å². The van der Waals surface area contributed by atoms with E-state index in [1.165, 1.54) is 12.3 Å². The van der Waals surface area contributed by atoms with E-state index in [1.54, 1.807) is 17.9 Å². The molecular weight excluding hydrogens is 280 g/mol. The van der Waals surface area contributed by atoms with E-state index in [4.69, 9.17) is 16.3 Å². The Kier molecular flexibility index (Phi) is 4.95. The molecule has 0 radical (unpaired) electrons. The molecule has 0 N–H and O–H groups in total. The molecule has 1 aromatic rings. The minimum absolute atomic E-state index is 0.202. The molecule has 1 atom stereocenters. The molecule has 0 spiro atoms. The van der Waals surface area contributed by atoms with Crippen molar-refractivity contribution < 1.29 is 14.3 Å². The van der Waals surface area contributed by atoms with Gasteiger partial charge in [0.2, 0.25) is 0 Å². The quantitative estimate of drug-likeness (QED) is 0.634. The number of pyridine rings is 1. The number of piperidine rings is 1. The molecule has 0 saturated carbocycles. The third kappa shape index (κ3) is 3.28. The number of nitrogens with zero attached hydrogens (tertiary/aromatic N) is 2. The maximum atomic E-state index is 12.5. The van der Waals surface area contributed by atoms with Gasteiger partial charge in [0.15, 0.2) is 0 Å². The highest BCUT2D eigenvalue weighted by Crippen LogP contribution is 2.21. The van der Waals surface area contributed by atoms with Crippen LogP contribution < -0.4 is 0 Å². The summed E-state index contributed by atoms with van der Waals surface area (Å²) in [7, 11) is 0. The maximum absolute atomic E-state index is 12.5. The van der Waals surface area contributed by atoms with Gasteiger partial charge in [-0.15, -0.1) is 0 Å². The molecule has 2 rings (SSSR count). The van der Waals surface area contributed by atoms with Crippen LogP contribution >= 0.6 is 11.6 Å². The lowest BCUT2D eigenvalue weighted by atomic mass is 10.0. The van der Waals surface area contributed by atoms with Crippen LogP contribution in [-0.2, 0) is 9.53 Å². The average Bonchev–Trinajstić information content (AvgIpc) is 2.47. The van der Waals surface area contributed by atoms with E-state index in [0.29, 0.717) is 25.1 Å². The van der Waals surface area contributed by atoms with Crippen LogP contribution in [0.25, 0.3) is 0 Å². The van der Waals surface area contributed by atoms with Gasteiger partial charge >= 0.3 is 5.97 Å². The third-order valence-electron chi connectivity index (χ3n) is 3.30. The summed E-state index contributed by atoms with van der Waals surface area (Å²) >= 11 is 5.80. The van der Waals surface area contributed by atoms with Gasteiger partial charge in [-0.1, -0.05) is 11.6 Å². The highest BCUT2D eigenvalue weighted by molar-refractivity contribution is 6.29. The van der Waals surface area contributed by atoms with Crippen LogP contribution in [0.15, 0.2) is 18.3 Å². The van der Waals surface area contributed by atoms with Crippen molar-refractivity contribution in [2.75, 3.05) is 13.2 Å². The zero-order valence-electron chi connectivity index (χ0n) is 11.3. The second-order valence-electron chi connectivity index (χ2n) is 4.63. The predicted octanol–water partition coefficient (Wildman–Crippen LogP) is 2.29. The zero-order chi connectivity index (χ0) is 14.5. The normalized spacial score (nSPS) is 18.7. The Balaban J connectivity index is 2.19. The SMILES string of the molecule is CCOC(=O)C1CCCCN1C(=O)c1ccnc(Cl)c1. The first-order valence-corrected chi connectivity index (χ1v) is 7.10. The summed E-state index contributed by atoms with van der Waals surface area (Å²) in [6, 6.07) is 2.62. The van der Waals surface area contributed by atoms with Gasteiger partial charge < -0.3 is 9.64 Å². The Morgan fingerprint density at radius 3 is 3.00 bits per heavy atom. The Bertz CT molecular complexity index is 507. The molecule has 1 fully saturated rings. The number of aromatic nitrogens is 1. The van der Waals surface area contributed by atoms with Crippen LogP contribution in [0.3, 0.4) is 0 Å². The molecule has 5 nitrogen and oxygen atoms in total. The van der Waals surface area contributed by atoms with Crippen LogP contribution in [0.4, 0.5) is 0 Å². The van der Waals surface area contributed by atoms with Gasteiger partial charge in [-0.25, -0.2) is 9.78 Å². The molecule has 0 bridgehead atoms. The van der Waals surface area contributed by atoms with Crippen molar-refractivity contribution in [3.8, 4) is 0 Å². The molecule has 2 heterocycles. The van der Waals surface area contributed by atoms with Gasteiger partial charge in [-0.2, -0.15) is 0 Å². The molecule has 1 aliphatic rings. The van der Waals surface area contributed by atoms with Gasteiger partial charge in [-0.05, 0) is 38.3 Å². The summed E-state index contributed by atoms with van der Waals surface area (Å²) in [5.74, 6) is -0.534. The van der Waals surface area contributed by atoms with Crippen molar-refractivity contribution in [1.29, 1.82) is 0 Å². The molecule has 1 aromatic heterocycles. The van der Waals surface area contributed by atoms with Crippen molar-refractivity contribution in [1.82, 2.24) is 9.88 Å². The first-order valence-electron chi connectivity index (χ1n) is 6.72. The second kappa shape index (κ2) is 6.70. The number of likely N-dealkylation sites (tertiary alicyclic amines) is 1. The van der Waals surface area contributed by atoms with Crippen LogP contribution in [-0.4, -0.2) is 41.0 Å². The number of carbonyl (C=O) groups excluding carboxylic acids is 2. The fourth-order valence-electron chi connectivity index (χ4n) is 2.36. The van der Waals surface area contributed by atoms with Gasteiger partial charge in [0.25, 0.3) is 5.91 Å². The fourth-order valence-corrected chi connectivity index (χ4v) is 2.53. The minimum Gasteiger partial charge on any atom is -0.464 e. The monoisotopic (exact) mass is 296 g/mol. The van der Waals surface area contributed by atoms with Gasteiger partial charge in [-0.3, -0.25) is 4.79 Å². The highest BCUT2D eigenvalue weighted by Gasteiger charge is 2.33. The summed E-state index contributed by atoms with van der Waals surface area (Å²) < 4.78 is 5.05. The van der Waals surface area contributed by atoms with E-state index in [0.717, 1.165) is 12.8 Å². The smallest absolute Gasteiger partial charge is 0.328 e. The Morgan fingerprint density at radius 1 is 1.50 bits per heavy atom. The van der Waals surface area contributed by atoms with Crippen molar-refractivity contribution >= 4 is 23.5 Å². The number of rotatable bonds is 3. The maximum Gasteiger partial charge on any atom is 0.328 e. The van der Waals surface area contributed by atoms with Crippen LogP contribution in [0.2, 0.25) is 5.15 Å². The van der Waals surface area contributed by atoms with E-state index in [1.807, 2.05) is 0 Å². The number of halogens is 1. The van der Waals surface area contributed by atoms with Crippen LogP contribution in [0.5, 0.6) is 0 Å². The highest BCUT2D eigenvalue weighted by atomic mass is 35.5. The molecule has 1 amide bonds. The van der Waals surface area contributed by atoms with Crippen LogP contribution in [0.1, 0.15) is 36.5 Å². The van der Waals surface area contributed by atoms with Crippen molar-refractivity contribution in [3.05, 3.63) is 29.0 Å². The standard InChI is InChI=1S/C14H17ClN2O3/c1-2-20-14(19)11-5-3-4-8-17(11)13(18)10-6-7-16-12(15)9-10/h6-7,9,11H,2-5,8H2,1H3. The fraction of sp³-hybridized carbons (Fsp3) is 0.500. The lowest BCUT2D eigenvalue weighted by Crippen LogP contribution is -2.48. The van der Waals surface area contributed by atoms with Gasteiger partial charge in [0.1, 0.15) is 11.2 Å². The number of carbonyl (C=O) groups is 2. The number of hydrogen-bond donors (Lipinski definition) is 0. The van der Waals surface area contributed by atoms with Crippen molar-refractivity contribution in [3.63, 3.8) is 0 Å². The molecule has 20 heavy (non-hydrogen) atoms. The molecule has 1 aliphatic heterocycles. The van der Waals surface area contributed by atoms with Gasteiger partial charge in [0.05, 0.1) is 6.61 Å². The molecule has 108 valence electrons. The van der Waals surface area contributed by atoms with E-state index >= 15 is 0 Å². The second-order valence-corrected chi connectivity index (χ2v) is 5.02. The Morgan fingerprint density at radius 2 is 2.30 bits per heavy atom. The Labute approximate surface area is 122 Å². The Hall–Kier alpha value is -1.62. The average molecular weight is 297 g/mol. The first kappa shape index (κ1) is 14.8. The van der Waals surface area contributed by atoms with Crippen LogP contribution in [0, 0.1) is 0 Å². The minimum atomic E-state index is -0.497. The number of hydrogen-bond acceptors (Lipinski definition) is 4. The number of ether oxygens (including phenoxy) is 1. The summed E-state index contributed by atoms with van der Waals surface area (Å²) in [5.41, 5.74) is 0.446. The predicted molar refractivity (Wildman–Crippen MR) is 74.6 cm³/mol. The van der Waals surface area contributed by atoms with Crippen molar-refractivity contribution in [2.24, 2.45) is 0 Å². The molecule has 0 aliphatic carbocycles. The van der Waals surface area contributed by atoms with E-state index in [2.05, 4.69) is 4.98 Å². The van der Waals surface area contributed by atoms with E-state index in [-0.39, 0.29) is 17.0 Å². The third-order valence-corrected chi connectivity index (χ3v) is 3.50. The molecule has 6 heteroatoms. The number of amides is 1. The largest absolute Gasteiger partial charge is 0.464 e. The lowest BCUT2D eigenvalue weighted by molar-refractivity contribution is -0.149. The summed E-state index contributed by atoms with van der Waals surface area (Å²) in [4.78, 5) is 29.9.